The van der Waals surface area contributed by atoms with E-state index in [1.807, 2.05) is 0 Å². The van der Waals surface area contributed by atoms with Crippen LogP contribution in [0.25, 0.3) is 0 Å². The number of hydrogen-bond acceptors (Lipinski definition) is 3. The molecule has 0 unspecified atom stereocenters. The van der Waals surface area contributed by atoms with Crippen LogP contribution in [0.5, 0.6) is 0 Å². The standard InChI is InChI=1S/C12H24N2O2/c1-9(2)14(3)11-7-5-4-6-10(11)13-8-12(15)16/h9-11,13H,4-8H2,1-3H3,(H,15,16)/t10-,11+/m1/s1. The highest BCUT2D eigenvalue weighted by Gasteiger charge is 2.29. The van der Waals surface area contributed by atoms with Crippen molar-refractivity contribution in [2.45, 2.75) is 57.7 Å². The van der Waals surface area contributed by atoms with Crippen molar-refractivity contribution in [1.29, 1.82) is 0 Å². The summed E-state index contributed by atoms with van der Waals surface area (Å²) in [5, 5.41) is 11.9. The van der Waals surface area contributed by atoms with Crippen LogP contribution in [0, 0.1) is 0 Å². The molecular formula is C12H24N2O2. The van der Waals surface area contributed by atoms with Gasteiger partial charge in [0.1, 0.15) is 0 Å². The van der Waals surface area contributed by atoms with Crippen LogP contribution in [0.15, 0.2) is 0 Å². The number of carboxylic acids is 1. The van der Waals surface area contributed by atoms with E-state index in [-0.39, 0.29) is 6.54 Å². The molecule has 0 aromatic rings. The Morgan fingerprint density at radius 3 is 2.62 bits per heavy atom. The van der Waals surface area contributed by atoms with Crippen LogP contribution in [0.3, 0.4) is 0 Å². The lowest BCUT2D eigenvalue weighted by Crippen LogP contribution is -2.53. The summed E-state index contributed by atoms with van der Waals surface area (Å²) in [7, 11) is 2.14. The first-order valence-electron chi connectivity index (χ1n) is 6.19. The third-order valence-corrected chi connectivity index (χ3v) is 3.58. The summed E-state index contributed by atoms with van der Waals surface area (Å²) < 4.78 is 0. The van der Waals surface area contributed by atoms with Gasteiger partial charge in [0, 0.05) is 18.1 Å². The van der Waals surface area contributed by atoms with E-state index in [1.54, 1.807) is 0 Å². The third kappa shape index (κ3) is 3.76. The van der Waals surface area contributed by atoms with Crippen molar-refractivity contribution in [2.24, 2.45) is 0 Å². The largest absolute Gasteiger partial charge is 0.480 e. The molecule has 1 aliphatic carbocycles. The average molecular weight is 228 g/mol. The number of hydrogen-bond donors (Lipinski definition) is 2. The number of likely N-dealkylation sites (N-methyl/N-ethyl adjacent to an activating group) is 1. The summed E-state index contributed by atoms with van der Waals surface area (Å²) in [4.78, 5) is 12.9. The molecule has 1 saturated carbocycles. The fraction of sp³-hybridized carbons (Fsp3) is 0.917. The number of carbonyl (C=O) groups is 1. The Kier molecular flexibility index (Phi) is 5.22. The fourth-order valence-electron chi connectivity index (χ4n) is 2.44. The Morgan fingerprint density at radius 1 is 1.44 bits per heavy atom. The summed E-state index contributed by atoms with van der Waals surface area (Å²) in [6.45, 7) is 4.44. The van der Waals surface area contributed by atoms with Gasteiger partial charge >= 0.3 is 5.97 Å². The molecule has 16 heavy (non-hydrogen) atoms. The van der Waals surface area contributed by atoms with E-state index in [0.717, 1.165) is 6.42 Å². The highest BCUT2D eigenvalue weighted by atomic mass is 16.4. The normalized spacial score (nSPS) is 26.3. The molecule has 0 saturated heterocycles. The molecule has 0 radical (unpaired) electrons. The Labute approximate surface area is 98.0 Å². The summed E-state index contributed by atoms with van der Waals surface area (Å²) in [5.74, 6) is -0.767. The Hall–Kier alpha value is -0.610. The Bertz CT molecular complexity index is 231. The number of aliphatic carboxylic acids is 1. The minimum Gasteiger partial charge on any atom is -0.480 e. The summed E-state index contributed by atoms with van der Waals surface area (Å²) >= 11 is 0. The number of nitrogens with zero attached hydrogens (tertiary/aromatic N) is 1. The quantitative estimate of drug-likeness (QED) is 0.745. The first-order valence-corrected chi connectivity index (χ1v) is 6.19. The van der Waals surface area contributed by atoms with Crippen molar-refractivity contribution in [3.63, 3.8) is 0 Å². The summed E-state index contributed by atoms with van der Waals surface area (Å²) in [5.41, 5.74) is 0. The maximum atomic E-state index is 10.6. The number of carboxylic acid groups (broad SMARTS) is 1. The van der Waals surface area contributed by atoms with E-state index >= 15 is 0 Å². The van der Waals surface area contributed by atoms with Gasteiger partial charge in [0.05, 0.1) is 6.54 Å². The van der Waals surface area contributed by atoms with E-state index in [2.05, 4.69) is 31.1 Å². The maximum Gasteiger partial charge on any atom is 0.317 e. The van der Waals surface area contributed by atoms with Crippen LogP contribution in [0.4, 0.5) is 0 Å². The van der Waals surface area contributed by atoms with Gasteiger partial charge in [-0.1, -0.05) is 12.8 Å². The predicted molar refractivity (Wildman–Crippen MR) is 64.6 cm³/mol. The highest BCUT2D eigenvalue weighted by Crippen LogP contribution is 2.23. The number of nitrogens with one attached hydrogen (secondary N) is 1. The lowest BCUT2D eigenvalue weighted by atomic mass is 9.88. The summed E-state index contributed by atoms with van der Waals surface area (Å²) in [6, 6.07) is 1.32. The van der Waals surface area contributed by atoms with Crippen molar-refractivity contribution in [2.75, 3.05) is 13.6 Å². The Morgan fingerprint density at radius 2 is 2.06 bits per heavy atom. The minimum absolute atomic E-state index is 0.0765. The third-order valence-electron chi connectivity index (χ3n) is 3.58. The molecule has 0 aliphatic heterocycles. The fourth-order valence-corrected chi connectivity index (χ4v) is 2.44. The van der Waals surface area contributed by atoms with Gasteiger partial charge in [-0.3, -0.25) is 9.69 Å². The van der Waals surface area contributed by atoms with Crippen molar-refractivity contribution >= 4 is 5.97 Å². The van der Waals surface area contributed by atoms with E-state index in [1.165, 1.54) is 19.3 Å². The lowest BCUT2D eigenvalue weighted by molar-refractivity contribution is -0.136. The molecule has 4 nitrogen and oxygen atoms in total. The predicted octanol–water partition coefficient (Wildman–Crippen LogP) is 1.31. The molecule has 2 atom stereocenters. The molecule has 4 heteroatoms. The van der Waals surface area contributed by atoms with Crippen LogP contribution >= 0.6 is 0 Å². The van der Waals surface area contributed by atoms with Crippen LogP contribution < -0.4 is 5.32 Å². The molecule has 0 bridgehead atoms. The SMILES string of the molecule is CC(C)N(C)[C@H]1CCCC[C@H]1NCC(=O)O. The van der Waals surface area contributed by atoms with Crippen molar-refractivity contribution in [1.82, 2.24) is 10.2 Å². The maximum absolute atomic E-state index is 10.6. The van der Waals surface area contributed by atoms with Gasteiger partial charge in [-0.2, -0.15) is 0 Å². The van der Waals surface area contributed by atoms with Crippen LogP contribution in [0.1, 0.15) is 39.5 Å². The smallest absolute Gasteiger partial charge is 0.317 e. The van der Waals surface area contributed by atoms with Crippen LogP contribution in [0.2, 0.25) is 0 Å². The Balaban J connectivity index is 2.53. The molecule has 0 aromatic heterocycles. The van der Waals surface area contributed by atoms with Crippen LogP contribution in [-0.2, 0) is 4.79 Å². The van der Waals surface area contributed by atoms with Gasteiger partial charge in [-0.05, 0) is 33.7 Å². The van der Waals surface area contributed by atoms with Gasteiger partial charge < -0.3 is 10.4 Å². The van der Waals surface area contributed by atoms with E-state index in [0.29, 0.717) is 18.1 Å². The second-order valence-electron chi connectivity index (χ2n) is 4.99. The molecule has 0 aromatic carbocycles. The minimum atomic E-state index is -0.767. The molecule has 1 rings (SSSR count). The van der Waals surface area contributed by atoms with Gasteiger partial charge in [-0.25, -0.2) is 0 Å². The molecule has 0 amide bonds. The molecular weight excluding hydrogens is 204 g/mol. The highest BCUT2D eigenvalue weighted by molar-refractivity contribution is 5.69. The zero-order chi connectivity index (χ0) is 12.1. The molecule has 0 spiro atoms. The van der Waals surface area contributed by atoms with Crippen molar-refractivity contribution < 1.29 is 9.90 Å². The molecule has 2 N–H and O–H groups in total. The molecule has 94 valence electrons. The summed E-state index contributed by atoms with van der Waals surface area (Å²) in [6.07, 6.45) is 4.73. The van der Waals surface area contributed by atoms with Gasteiger partial charge in [0.15, 0.2) is 0 Å². The van der Waals surface area contributed by atoms with Crippen molar-refractivity contribution in [3.05, 3.63) is 0 Å². The zero-order valence-corrected chi connectivity index (χ0v) is 10.6. The van der Waals surface area contributed by atoms with E-state index < -0.39 is 5.97 Å². The zero-order valence-electron chi connectivity index (χ0n) is 10.6. The average Bonchev–Trinajstić information content (AvgIpc) is 2.25. The van der Waals surface area contributed by atoms with Crippen molar-refractivity contribution in [3.8, 4) is 0 Å². The molecule has 1 fully saturated rings. The lowest BCUT2D eigenvalue weighted by Gasteiger charge is -2.40. The molecule has 0 heterocycles. The second-order valence-corrected chi connectivity index (χ2v) is 4.99. The first-order chi connectivity index (χ1) is 7.52. The first kappa shape index (κ1) is 13.5. The second kappa shape index (κ2) is 6.21. The van der Waals surface area contributed by atoms with Gasteiger partial charge in [0.25, 0.3) is 0 Å². The van der Waals surface area contributed by atoms with Gasteiger partial charge in [0.2, 0.25) is 0 Å². The topological polar surface area (TPSA) is 52.6 Å². The molecule has 1 aliphatic rings. The number of rotatable bonds is 5. The van der Waals surface area contributed by atoms with Crippen LogP contribution in [-0.4, -0.2) is 47.7 Å². The van der Waals surface area contributed by atoms with E-state index in [4.69, 9.17) is 5.11 Å². The van der Waals surface area contributed by atoms with Gasteiger partial charge in [-0.15, -0.1) is 0 Å². The van der Waals surface area contributed by atoms with E-state index in [9.17, 15) is 4.79 Å². The monoisotopic (exact) mass is 228 g/mol.